The standard InChI is InChI=1S/C19H17N5O5/c1-28-17-8-7-12(9-18(17)29-2)14-10-15(22-21-14)19(25)23-20-11-13-5-3-4-6-16(13)24(26)27/h3-11H,1-2H3,(H,21,22)(H,23,25)/b20-11-. The second-order valence-electron chi connectivity index (χ2n) is 5.75. The van der Waals surface area contributed by atoms with Crippen LogP contribution in [0.15, 0.2) is 53.6 Å². The molecule has 1 aromatic heterocycles. The Labute approximate surface area is 165 Å². The van der Waals surface area contributed by atoms with Gasteiger partial charge in [-0.3, -0.25) is 20.0 Å². The van der Waals surface area contributed by atoms with E-state index >= 15 is 0 Å². The highest BCUT2D eigenvalue weighted by Crippen LogP contribution is 2.31. The molecule has 0 aliphatic heterocycles. The highest BCUT2D eigenvalue weighted by Gasteiger charge is 2.13. The number of hydrogen-bond donors (Lipinski definition) is 2. The molecule has 0 spiro atoms. The monoisotopic (exact) mass is 395 g/mol. The molecule has 2 aromatic carbocycles. The zero-order chi connectivity index (χ0) is 20.8. The van der Waals surface area contributed by atoms with Crippen LogP contribution < -0.4 is 14.9 Å². The number of benzene rings is 2. The maximum atomic E-state index is 12.2. The average Bonchev–Trinajstić information content (AvgIpc) is 3.23. The zero-order valence-corrected chi connectivity index (χ0v) is 15.6. The molecule has 1 heterocycles. The number of nitro benzene ring substituents is 1. The van der Waals surface area contributed by atoms with Crippen molar-refractivity contribution in [3.63, 3.8) is 0 Å². The Balaban J connectivity index is 1.73. The van der Waals surface area contributed by atoms with Crippen molar-refractivity contribution in [2.24, 2.45) is 5.10 Å². The number of para-hydroxylation sites is 1. The maximum absolute atomic E-state index is 12.2. The van der Waals surface area contributed by atoms with Gasteiger partial charge in [0.2, 0.25) is 0 Å². The molecule has 0 aliphatic rings. The van der Waals surface area contributed by atoms with Gasteiger partial charge in [-0.1, -0.05) is 12.1 Å². The van der Waals surface area contributed by atoms with Crippen LogP contribution in [0.4, 0.5) is 5.69 Å². The summed E-state index contributed by atoms with van der Waals surface area (Å²) < 4.78 is 10.5. The SMILES string of the molecule is COc1ccc(-c2cc(C(=O)N/N=C\c3ccccc3[N+](=O)[O-])[nH]n2)cc1OC. The number of hydrogen-bond acceptors (Lipinski definition) is 7. The van der Waals surface area contributed by atoms with E-state index in [-0.39, 0.29) is 16.9 Å². The molecule has 148 valence electrons. The van der Waals surface area contributed by atoms with Gasteiger partial charge in [0.1, 0.15) is 5.69 Å². The molecule has 2 N–H and O–H groups in total. The molecule has 0 saturated heterocycles. The van der Waals surface area contributed by atoms with Gasteiger partial charge in [-0.2, -0.15) is 10.2 Å². The number of rotatable bonds is 7. The van der Waals surface area contributed by atoms with E-state index in [1.807, 2.05) is 0 Å². The second-order valence-corrected chi connectivity index (χ2v) is 5.75. The van der Waals surface area contributed by atoms with E-state index < -0.39 is 10.8 Å². The predicted molar refractivity (Wildman–Crippen MR) is 105 cm³/mol. The summed E-state index contributed by atoms with van der Waals surface area (Å²) in [4.78, 5) is 22.7. The summed E-state index contributed by atoms with van der Waals surface area (Å²) in [5.74, 6) is 0.571. The molecule has 1 amide bonds. The largest absolute Gasteiger partial charge is 0.493 e. The topological polar surface area (TPSA) is 132 Å². The molecule has 29 heavy (non-hydrogen) atoms. The van der Waals surface area contributed by atoms with E-state index in [2.05, 4.69) is 20.7 Å². The van der Waals surface area contributed by atoms with Gasteiger partial charge in [-0.25, -0.2) is 5.43 Å². The smallest absolute Gasteiger partial charge is 0.289 e. The number of H-pyrrole nitrogens is 1. The van der Waals surface area contributed by atoms with Crippen LogP contribution in [0, 0.1) is 10.1 Å². The zero-order valence-electron chi connectivity index (χ0n) is 15.6. The third-order valence-corrected chi connectivity index (χ3v) is 4.00. The van der Waals surface area contributed by atoms with E-state index in [1.165, 1.54) is 25.5 Å². The quantitative estimate of drug-likeness (QED) is 0.359. The molecule has 3 rings (SSSR count). The first-order valence-electron chi connectivity index (χ1n) is 8.38. The van der Waals surface area contributed by atoms with E-state index in [0.717, 1.165) is 5.56 Å². The van der Waals surface area contributed by atoms with Crippen LogP contribution >= 0.6 is 0 Å². The fourth-order valence-electron chi connectivity index (χ4n) is 2.57. The highest BCUT2D eigenvalue weighted by molar-refractivity contribution is 5.94. The number of carbonyl (C=O) groups is 1. The van der Waals surface area contributed by atoms with Crippen LogP contribution in [0.3, 0.4) is 0 Å². The third-order valence-electron chi connectivity index (χ3n) is 4.00. The van der Waals surface area contributed by atoms with E-state index in [4.69, 9.17) is 9.47 Å². The van der Waals surface area contributed by atoms with Crippen LogP contribution in [0.2, 0.25) is 0 Å². The molecule has 0 bridgehead atoms. The van der Waals surface area contributed by atoms with Crippen LogP contribution in [0.25, 0.3) is 11.3 Å². The molecular weight excluding hydrogens is 378 g/mol. The Kier molecular flexibility index (Phi) is 5.83. The lowest BCUT2D eigenvalue weighted by Gasteiger charge is -2.08. The number of aromatic amines is 1. The highest BCUT2D eigenvalue weighted by atomic mass is 16.6. The maximum Gasteiger partial charge on any atom is 0.289 e. The van der Waals surface area contributed by atoms with Crippen molar-refractivity contribution in [2.45, 2.75) is 0 Å². The summed E-state index contributed by atoms with van der Waals surface area (Å²) in [5.41, 5.74) is 3.90. The third kappa shape index (κ3) is 4.38. The Morgan fingerprint density at radius 2 is 1.93 bits per heavy atom. The number of amides is 1. The lowest BCUT2D eigenvalue weighted by atomic mass is 10.1. The first-order valence-corrected chi connectivity index (χ1v) is 8.38. The van der Waals surface area contributed by atoms with E-state index in [9.17, 15) is 14.9 Å². The lowest BCUT2D eigenvalue weighted by Crippen LogP contribution is -2.18. The van der Waals surface area contributed by atoms with Gasteiger partial charge >= 0.3 is 0 Å². The molecular formula is C19H17N5O5. The number of nitro groups is 1. The molecule has 10 heteroatoms. The van der Waals surface area contributed by atoms with Gasteiger partial charge in [-0.15, -0.1) is 0 Å². The van der Waals surface area contributed by atoms with Gasteiger partial charge in [0.25, 0.3) is 11.6 Å². The summed E-state index contributed by atoms with van der Waals surface area (Å²) in [7, 11) is 3.07. The Bertz CT molecular complexity index is 1080. The van der Waals surface area contributed by atoms with Crippen molar-refractivity contribution in [3.8, 4) is 22.8 Å². The first kappa shape index (κ1) is 19.5. The van der Waals surface area contributed by atoms with Crippen LogP contribution in [0.1, 0.15) is 16.1 Å². The number of nitrogens with one attached hydrogen (secondary N) is 2. The fraction of sp³-hybridized carbons (Fsp3) is 0.105. The van der Waals surface area contributed by atoms with Crippen molar-refractivity contribution in [3.05, 3.63) is 69.9 Å². The predicted octanol–water partition coefficient (Wildman–Crippen LogP) is 2.77. The summed E-state index contributed by atoms with van der Waals surface area (Å²) in [6.07, 6.45) is 1.21. The van der Waals surface area contributed by atoms with Crippen LogP contribution in [0.5, 0.6) is 11.5 Å². The van der Waals surface area contributed by atoms with Crippen LogP contribution in [-0.2, 0) is 0 Å². The number of methoxy groups -OCH3 is 2. The Hall–Kier alpha value is -4.21. The van der Waals surface area contributed by atoms with Crippen molar-refractivity contribution in [2.75, 3.05) is 14.2 Å². The minimum absolute atomic E-state index is 0.109. The summed E-state index contributed by atoms with van der Waals surface area (Å²) in [6.45, 7) is 0. The number of hydrazone groups is 1. The minimum atomic E-state index is -0.543. The summed E-state index contributed by atoms with van der Waals surface area (Å²) >= 11 is 0. The molecule has 0 aliphatic carbocycles. The molecule has 3 aromatic rings. The van der Waals surface area contributed by atoms with Gasteiger partial charge in [0.05, 0.1) is 36.6 Å². The molecule has 0 atom stereocenters. The van der Waals surface area contributed by atoms with Crippen molar-refractivity contribution >= 4 is 17.8 Å². The Morgan fingerprint density at radius 3 is 2.66 bits per heavy atom. The summed E-state index contributed by atoms with van der Waals surface area (Å²) in [5, 5.41) is 21.5. The number of carbonyl (C=O) groups excluding carboxylic acids is 1. The fourth-order valence-corrected chi connectivity index (χ4v) is 2.57. The number of nitrogens with zero attached hydrogens (tertiary/aromatic N) is 3. The van der Waals surface area contributed by atoms with E-state index in [1.54, 1.807) is 43.5 Å². The first-order chi connectivity index (χ1) is 14.0. The molecule has 0 saturated carbocycles. The van der Waals surface area contributed by atoms with Gasteiger partial charge in [-0.05, 0) is 30.3 Å². The normalized spacial score (nSPS) is 10.7. The van der Waals surface area contributed by atoms with Crippen LogP contribution in [-0.4, -0.2) is 41.5 Å². The Morgan fingerprint density at radius 1 is 1.17 bits per heavy atom. The van der Waals surface area contributed by atoms with Gasteiger partial charge in [0, 0.05) is 11.6 Å². The van der Waals surface area contributed by atoms with Crippen molar-refractivity contribution in [1.29, 1.82) is 0 Å². The molecule has 0 unspecified atom stereocenters. The minimum Gasteiger partial charge on any atom is -0.493 e. The summed E-state index contributed by atoms with van der Waals surface area (Å²) in [6, 6.07) is 12.9. The number of aromatic nitrogens is 2. The lowest BCUT2D eigenvalue weighted by molar-refractivity contribution is -0.385. The molecule has 10 nitrogen and oxygen atoms in total. The second kappa shape index (κ2) is 8.65. The van der Waals surface area contributed by atoms with Crippen molar-refractivity contribution in [1.82, 2.24) is 15.6 Å². The molecule has 0 radical (unpaired) electrons. The number of ether oxygens (including phenoxy) is 2. The molecule has 0 fully saturated rings. The average molecular weight is 395 g/mol. The van der Waals surface area contributed by atoms with Crippen molar-refractivity contribution < 1.29 is 19.2 Å². The van der Waals surface area contributed by atoms with E-state index in [0.29, 0.717) is 17.2 Å². The van der Waals surface area contributed by atoms with Gasteiger partial charge < -0.3 is 9.47 Å². The van der Waals surface area contributed by atoms with Gasteiger partial charge in [0.15, 0.2) is 11.5 Å².